The Balaban J connectivity index is 2.05. The SMILES string of the molecule is CNC(CSCC(C)C)Cc1ccnc2ccccc12. The van der Waals surface area contributed by atoms with Gasteiger partial charge in [0, 0.05) is 23.4 Å². The Morgan fingerprint density at radius 1 is 1.15 bits per heavy atom. The van der Waals surface area contributed by atoms with Gasteiger partial charge in [0.15, 0.2) is 0 Å². The molecule has 0 radical (unpaired) electrons. The number of nitrogens with zero attached hydrogens (tertiary/aromatic N) is 1. The van der Waals surface area contributed by atoms with Gasteiger partial charge in [-0.1, -0.05) is 32.0 Å². The van der Waals surface area contributed by atoms with Crippen LogP contribution < -0.4 is 5.32 Å². The average molecular weight is 288 g/mol. The van der Waals surface area contributed by atoms with Crippen molar-refractivity contribution in [3.8, 4) is 0 Å². The van der Waals surface area contributed by atoms with Crippen LogP contribution >= 0.6 is 11.8 Å². The highest BCUT2D eigenvalue weighted by molar-refractivity contribution is 7.99. The Hall–Kier alpha value is -1.06. The van der Waals surface area contributed by atoms with Crippen LogP contribution in [0.3, 0.4) is 0 Å². The van der Waals surface area contributed by atoms with Gasteiger partial charge >= 0.3 is 0 Å². The van der Waals surface area contributed by atoms with Gasteiger partial charge in [-0.15, -0.1) is 0 Å². The van der Waals surface area contributed by atoms with E-state index < -0.39 is 0 Å². The average Bonchev–Trinajstić information content (AvgIpc) is 2.46. The molecule has 1 aromatic heterocycles. The molecule has 1 heterocycles. The highest BCUT2D eigenvalue weighted by Crippen LogP contribution is 2.19. The molecule has 2 rings (SSSR count). The normalized spacial score (nSPS) is 13.0. The summed E-state index contributed by atoms with van der Waals surface area (Å²) in [5.41, 5.74) is 2.48. The third-order valence-corrected chi connectivity index (χ3v) is 4.92. The van der Waals surface area contributed by atoms with E-state index in [0.717, 1.165) is 23.6 Å². The number of hydrogen-bond donors (Lipinski definition) is 1. The van der Waals surface area contributed by atoms with Crippen LogP contribution in [-0.2, 0) is 6.42 Å². The van der Waals surface area contributed by atoms with E-state index in [1.165, 1.54) is 16.7 Å². The van der Waals surface area contributed by atoms with Crippen molar-refractivity contribution in [1.29, 1.82) is 0 Å². The fourth-order valence-electron chi connectivity index (χ4n) is 2.29. The molecule has 108 valence electrons. The second kappa shape index (κ2) is 7.65. The molecule has 2 nitrogen and oxygen atoms in total. The van der Waals surface area contributed by atoms with Crippen molar-refractivity contribution in [2.75, 3.05) is 18.6 Å². The van der Waals surface area contributed by atoms with Gasteiger partial charge in [-0.05, 0) is 42.8 Å². The van der Waals surface area contributed by atoms with Crippen molar-refractivity contribution >= 4 is 22.7 Å². The van der Waals surface area contributed by atoms with Gasteiger partial charge in [0.25, 0.3) is 0 Å². The maximum absolute atomic E-state index is 4.43. The molecule has 0 saturated heterocycles. The highest BCUT2D eigenvalue weighted by atomic mass is 32.2. The van der Waals surface area contributed by atoms with Crippen molar-refractivity contribution in [2.24, 2.45) is 5.92 Å². The largest absolute Gasteiger partial charge is 0.316 e. The van der Waals surface area contributed by atoms with Gasteiger partial charge in [0.2, 0.25) is 0 Å². The molecule has 1 atom stereocenters. The van der Waals surface area contributed by atoms with E-state index in [2.05, 4.69) is 55.5 Å². The molecule has 0 aliphatic heterocycles. The van der Waals surface area contributed by atoms with E-state index in [-0.39, 0.29) is 0 Å². The van der Waals surface area contributed by atoms with Crippen molar-refractivity contribution in [3.63, 3.8) is 0 Å². The van der Waals surface area contributed by atoms with E-state index in [9.17, 15) is 0 Å². The Morgan fingerprint density at radius 3 is 2.70 bits per heavy atom. The molecule has 2 aromatic rings. The molecule has 0 amide bonds. The van der Waals surface area contributed by atoms with Crippen molar-refractivity contribution < 1.29 is 0 Å². The van der Waals surface area contributed by atoms with Crippen LogP contribution in [-0.4, -0.2) is 29.6 Å². The van der Waals surface area contributed by atoms with E-state index in [0.29, 0.717) is 6.04 Å². The summed E-state index contributed by atoms with van der Waals surface area (Å²) < 4.78 is 0. The molecule has 1 aromatic carbocycles. The topological polar surface area (TPSA) is 24.9 Å². The predicted molar refractivity (Wildman–Crippen MR) is 90.5 cm³/mol. The van der Waals surface area contributed by atoms with E-state index in [1.54, 1.807) is 0 Å². The Labute approximate surface area is 126 Å². The molecular weight excluding hydrogens is 264 g/mol. The quantitative estimate of drug-likeness (QED) is 0.840. The molecule has 0 saturated carbocycles. The first-order valence-corrected chi connectivity index (χ1v) is 8.43. The van der Waals surface area contributed by atoms with E-state index in [1.807, 2.05) is 24.0 Å². The number of likely N-dealkylation sites (N-methyl/N-ethyl adjacent to an activating group) is 1. The van der Waals surface area contributed by atoms with Crippen molar-refractivity contribution in [3.05, 3.63) is 42.1 Å². The Morgan fingerprint density at radius 2 is 1.95 bits per heavy atom. The van der Waals surface area contributed by atoms with E-state index >= 15 is 0 Å². The van der Waals surface area contributed by atoms with Gasteiger partial charge in [0.05, 0.1) is 5.52 Å². The molecule has 0 aliphatic rings. The standard InChI is InChI=1S/C17H24N2S/c1-13(2)11-20-12-15(18-3)10-14-8-9-19-17-7-5-4-6-16(14)17/h4-9,13,15,18H,10-12H2,1-3H3. The lowest BCUT2D eigenvalue weighted by atomic mass is 10.0. The molecule has 1 N–H and O–H groups in total. The summed E-state index contributed by atoms with van der Waals surface area (Å²) in [6.45, 7) is 4.55. The van der Waals surface area contributed by atoms with Crippen LogP contribution in [0.15, 0.2) is 36.5 Å². The second-order valence-electron chi connectivity index (χ2n) is 5.61. The fourth-order valence-corrected chi connectivity index (χ4v) is 3.47. The lowest BCUT2D eigenvalue weighted by Gasteiger charge is -2.17. The number of thioether (sulfide) groups is 1. The van der Waals surface area contributed by atoms with Gasteiger partial charge in [-0.25, -0.2) is 0 Å². The van der Waals surface area contributed by atoms with Crippen LogP contribution in [0.5, 0.6) is 0 Å². The monoisotopic (exact) mass is 288 g/mol. The van der Waals surface area contributed by atoms with Crippen LogP contribution in [0.4, 0.5) is 0 Å². The summed E-state index contributed by atoms with van der Waals surface area (Å²) in [5.74, 6) is 3.15. The first-order valence-electron chi connectivity index (χ1n) is 7.28. The minimum atomic E-state index is 0.518. The summed E-state index contributed by atoms with van der Waals surface area (Å²) >= 11 is 2.04. The molecule has 1 unspecified atom stereocenters. The first kappa shape index (κ1) is 15.3. The van der Waals surface area contributed by atoms with Crippen LogP contribution in [0.1, 0.15) is 19.4 Å². The fraction of sp³-hybridized carbons (Fsp3) is 0.471. The number of para-hydroxylation sites is 1. The molecule has 0 aliphatic carbocycles. The van der Waals surface area contributed by atoms with Gasteiger partial charge in [-0.3, -0.25) is 4.98 Å². The smallest absolute Gasteiger partial charge is 0.0704 e. The summed E-state index contributed by atoms with van der Waals surface area (Å²) in [5, 5.41) is 4.73. The number of hydrogen-bond acceptors (Lipinski definition) is 3. The van der Waals surface area contributed by atoms with Crippen molar-refractivity contribution in [1.82, 2.24) is 10.3 Å². The minimum absolute atomic E-state index is 0.518. The van der Waals surface area contributed by atoms with Crippen LogP contribution in [0.25, 0.3) is 10.9 Å². The number of fused-ring (bicyclic) bond motifs is 1. The van der Waals surface area contributed by atoms with Gasteiger partial charge in [0.1, 0.15) is 0 Å². The van der Waals surface area contributed by atoms with Crippen molar-refractivity contribution in [2.45, 2.75) is 26.3 Å². The lowest BCUT2D eigenvalue weighted by Crippen LogP contribution is -2.30. The van der Waals surface area contributed by atoms with E-state index in [4.69, 9.17) is 0 Å². The zero-order valence-electron chi connectivity index (χ0n) is 12.6. The Bertz CT molecular complexity index is 534. The molecular formula is C17H24N2S. The first-order chi connectivity index (χ1) is 9.70. The minimum Gasteiger partial charge on any atom is -0.316 e. The Kier molecular flexibility index (Phi) is 5.86. The van der Waals surface area contributed by atoms with Gasteiger partial charge < -0.3 is 5.32 Å². The number of nitrogens with one attached hydrogen (secondary N) is 1. The van der Waals surface area contributed by atoms with Crippen LogP contribution in [0.2, 0.25) is 0 Å². The second-order valence-corrected chi connectivity index (χ2v) is 6.68. The number of aromatic nitrogens is 1. The maximum atomic E-state index is 4.43. The highest BCUT2D eigenvalue weighted by Gasteiger charge is 2.10. The molecule has 0 spiro atoms. The molecule has 20 heavy (non-hydrogen) atoms. The lowest BCUT2D eigenvalue weighted by molar-refractivity contribution is 0.617. The number of pyridine rings is 1. The summed E-state index contributed by atoms with van der Waals surface area (Å²) in [6.07, 6.45) is 2.98. The summed E-state index contributed by atoms with van der Waals surface area (Å²) in [4.78, 5) is 4.43. The predicted octanol–water partition coefficient (Wildman–Crippen LogP) is 3.75. The third-order valence-electron chi connectivity index (χ3n) is 3.38. The molecule has 3 heteroatoms. The number of benzene rings is 1. The zero-order chi connectivity index (χ0) is 14.4. The summed E-state index contributed by atoms with van der Waals surface area (Å²) in [7, 11) is 2.06. The summed E-state index contributed by atoms with van der Waals surface area (Å²) in [6, 6.07) is 11.1. The molecule has 0 fully saturated rings. The maximum Gasteiger partial charge on any atom is 0.0704 e. The third kappa shape index (κ3) is 4.22. The van der Waals surface area contributed by atoms with Crippen LogP contribution in [0, 0.1) is 5.92 Å². The zero-order valence-corrected chi connectivity index (χ0v) is 13.4. The van der Waals surface area contributed by atoms with Gasteiger partial charge in [-0.2, -0.15) is 11.8 Å². The molecule has 0 bridgehead atoms. The number of rotatable bonds is 7.